The summed E-state index contributed by atoms with van der Waals surface area (Å²) in [5.41, 5.74) is 7.40. The molecule has 1 aliphatic rings. The third-order valence-electron chi connectivity index (χ3n) is 5.51. The van der Waals surface area contributed by atoms with Crippen LogP contribution < -0.4 is 20.5 Å². The Balaban J connectivity index is 2.10. The first-order valence-electron chi connectivity index (χ1n) is 11.1. The van der Waals surface area contributed by atoms with Crippen LogP contribution in [0.5, 0.6) is 0 Å². The van der Waals surface area contributed by atoms with Gasteiger partial charge in [-0.25, -0.2) is 9.59 Å². The summed E-state index contributed by atoms with van der Waals surface area (Å²) < 4.78 is 12.4. The van der Waals surface area contributed by atoms with Crippen molar-refractivity contribution >= 4 is 63.9 Å². The number of thiazole rings is 1. The van der Waals surface area contributed by atoms with E-state index in [2.05, 4.69) is 0 Å². The van der Waals surface area contributed by atoms with Gasteiger partial charge in [0.2, 0.25) is 0 Å². The average molecular weight is 545 g/mol. The lowest BCUT2D eigenvalue weighted by atomic mass is 9.83. The van der Waals surface area contributed by atoms with E-state index in [1.54, 1.807) is 68.5 Å². The van der Waals surface area contributed by atoms with Crippen LogP contribution in [0.2, 0.25) is 10.0 Å². The maximum absolute atomic E-state index is 13.5. The van der Waals surface area contributed by atoms with Crippen LogP contribution in [0.25, 0.3) is 17.5 Å². The minimum atomic E-state index is -0.929. The highest BCUT2D eigenvalue weighted by Crippen LogP contribution is 2.38. The molecule has 0 fully saturated rings. The van der Waals surface area contributed by atoms with Crippen molar-refractivity contribution in [2.45, 2.75) is 19.8 Å². The smallest absolute Gasteiger partial charge is 0.338 e. The average Bonchev–Trinajstić information content (AvgIpc) is 3.17. The molecule has 1 aromatic heterocycles. The Labute approximate surface area is 220 Å². The molecule has 186 valence electrons. The first-order valence-corrected chi connectivity index (χ1v) is 12.7. The van der Waals surface area contributed by atoms with Gasteiger partial charge in [-0.15, -0.1) is 11.3 Å². The minimum absolute atomic E-state index is 0.0207. The number of benzene rings is 2. The molecule has 1 unspecified atom stereocenters. The maximum Gasteiger partial charge on any atom is 0.338 e. The third-order valence-corrected chi connectivity index (χ3v) is 7.12. The quantitative estimate of drug-likeness (QED) is 0.478. The molecule has 2 aromatic carbocycles. The Morgan fingerprint density at radius 3 is 2.03 bits per heavy atom. The predicted octanol–water partition coefficient (Wildman–Crippen LogP) is 3.25. The van der Waals surface area contributed by atoms with Gasteiger partial charge in [0, 0.05) is 10.0 Å². The lowest BCUT2D eigenvalue weighted by Gasteiger charge is -2.27. The van der Waals surface area contributed by atoms with E-state index in [1.165, 1.54) is 4.57 Å². The van der Waals surface area contributed by atoms with Crippen LogP contribution in [0.15, 0.2) is 58.9 Å². The van der Waals surface area contributed by atoms with Gasteiger partial charge in [-0.1, -0.05) is 47.5 Å². The topological polar surface area (TPSA) is 101 Å². The Kier molecular flexibility index (Phi) is 7.68. The number of hydrogen-bond donors (Lipinski definition) is 1. The zero-order chi connectivity index (χ0) is 26.0. The molecule has 2 heterocycles. The zero-order valence-corrected chi connectivity index (χ0v) is 21.7. The SMILES string of the molecule is CCOC(=O)C1=C(N)n2c(s/c(=C/c3ccc(Cl)cc3)c2=O)=C(C(=O)OCC)C1c1ccc(Cl)cc1. The molecule has 0 spiro atoms. The summed E-state index contributed by atoms with van der Waals surface area (Å²) in [7, 11) is 0. The minimum Gasteiger partial charge on any atom is -0.463 e. The van der Waals surface area contributed by atoms with Crippen molar-refractivity contribution in [3.05, 3.63) is 94.8 Å². The molecule has 0 bridgehead atoms. The molecule has 10 heteroatoms. The van der Waals surface area contributed by atoms with E-state index in [0.717, 1.165) is 16.9 Å². The van der Waals surface area contributed by atoms with E-state index in [0.29, 0.717) is 20.1 Å². The second kappa shape index (κ2) is 10.7. The molecular formula is C26H22Cl2N2O5S. The Morgan fingerprint density at radius 1 is 0.944 bits per heavy atom. The number of hydrogen-bond acceptors (Lipinski definition) is 7. The van der Waals surface area contributed by atoms with Gasteiger partial charge in [-0.2, -0.15) is 0 Å². The fraction of sp³-hybridized carbons (Fsp3) is 0.192. The lowest BCUT2D eigenvalue weighted by Crippen LogP contribution is -2.42. The summed E-state index contributed by atoms with van der Waals surface area (Å²) >= 11 is 13.2. The van der Waals surface area contributed by atoms with Crippen LogP contribution in [0.4, 0.5) is 0 Å². The third kappa shape index (κ3) is 4.84. The van der Waals surface area contributed by atoms with Gasteiger partial charge in [-0.05, 0) is 55.3 Å². The number of fused-ring (bicyclic) bond motifs is 1. The van der Waals surface area contributed by atoms with Crippen molar-refractivity contribution in [1.29, 1.82) is 0 Å². The van der Waals surface area contributed by atoms with Crippen molar-refractivity contribution in [3.8, 4) is 0 Å². The van der Waals surface area contributed by atoms with Gasteiger partial charge in [0.25, 0.3) is 5.56 Å². The maximum atomic E-state index is 13.5. The summed E-state index contributed by atoms with van der Waals surface area (Å²) in [5, 5.41) is 1.04. The molecule has 0 aliphatic carbocycles. The second-order valence-electron chi connectivity index (χ2n) is 7.75. The summed E-state index contributed by atoms with van der Waals surface area (Å²) in [6.45, 7) is 3.52. The molecule has 4 rings (SSSR count). The summed E-state index contributed by atoms with van der Waals surface area (Å²) in [5.74, 6) is -2.43. The monoisotopic (exact) mass is 544 g/mol. The van der Waals surface area contributed by atoms with Crippen molar-refractivity contribution in [3.63, 3.8) is 0 Å². The highest BCUT2D eigenvalue weighted by molar-refractivity contribution is 7.07. The predicted molar refractivity (Wildman–Crippen MR) is 141 cm³/mol. The summed E-state index contributed by atoms with van der Waals surface area (Å²) in [6.07, 6.45) is 1.67. The van der Waals surface area contributed by atoms with E-state index in [9.17, 15) is 14.4 Å². The van der Waals surface area contributed by atoms with Gasteiger partial charge in [0.1, 0.15) is 10.5 Å². The molecule has 0 amide bonds. The number of carbonyl (C=O) groups excluding carboxylic acids is 2. The Hall–Kier alpha value is -3.33. The lowest BCUT2D eigenvalue weighted by molar-refractivity contribution is -0.138. The van der Waals surface area contributed by atoms with Crippen LogP contribution in [0.3, 0.4) is 0 Å². The number of nitrogens with two attached hydrogens (primary N) is 1. The molecule has 7 nitrogen and oxygen atoms in total. The molecule has 3 aromatic rings. The molecule has 36 heavy (non-hydrogen) atoms. The van der Waals surface area contributed by atoms with Gasteiger partial charge in [-0.3, -0.25) is 9.36 Å². The molecule has 0 radical (unpaired) electrons. The largest absolute Gasteiger partial charge is 0.463 e. The fourth-order valence-corrected chi connectivity index (χ4v) is 5.38. The van der Waals surface area contributed by atoms with Crippen molar-refractivity contribution < 1.29 is 19.1 Å². The number of rotatable bonds is 6. The molecular weight excluding hydrogens is 523 g/mol. The van der Waals surface area contributed by atoms with Crippen molar-refractivity contribution in [1.82, 2.24) is 4.57 Å². The highest BCUT2D eigenvalue weighted by atomic mass is 35.5. The zero-order valence-electron chi connectivity index (χ0n) is 19.4. The van der Waals surface area contributed by atoms with E-state index in [-0.39, 0.29) is 34.8 Å². The van der Waals surface area contributed by atoms with Gasteiger partial charge >= 0.3 is 11.9 Å². The number of halogens is 2. The van der Waals surface area contributed by atoms with Crippen LogP contribution in [-0.4, -0.2) is 29.7 Å². The van der Waals surface area contributed by atoms with E-state index in [4.69, 9.17) is 38.4 Å². The van der Waals surface area contributed by atoms with Crippen LogP contribution in [0.1, 0.15) is 30.9 Å². The summed E-state index contributed by atoms with van der Waals surface area (Å²) in [6, 6.07) is 13.6. The van der Waals surface area contributed by atoms with Crippen LogP contribution in [0, 0.1) is 0 Å². The number of aromatic nitrogens is 1. The Bertz CT molecular complexity index is 1540. The molecule has 2 N–H and O–H groups in total. The molecule has 1 atom stereocenters. The molecule has 0 saturated heterocycles. The van der Waals surface area contributed by atoms with Crippen molar-refractivity contribution in [2.75, 3.05) is 13.2 Å². The fourth-order valence-electron chi connectivity index (χ4n) is 3.96. The number of ether oxygens (including phenoxy) is 2. The highest BCUT2D eigenvalue weighted by Gasteiger charge is 2.39. The van der Waals surface area contributed by atoms with Gasteiger partial charge < -0.3 is 15.2 Å². The first kappa shape index (κ1) is 25.8. The first-order chi connectivity index (χ1) is 17.3. The standard InChI is InChI=1S/C26H22Cl2N2O5S/c1-3-34-25(32)20-19(15-7-11-17(28)12-8-15)21(26(33)35-4-2)24-30(22(20)29)23(31)18(36-24)13-14-5-9-16(27)10-6-14/h5-13,19H,3-4,29H2,1-2H3/b18-13+. The normalized spacial score (nSPS) is 15.6. The van der Waals surface area contributed by atoms with E-state index in [1.807, 2.05) is 0 Å². The van der Waals surface area contributed by atoms with E-state index >= 15 is 0 Å². The van der Waals surface area contributed by atoms with Crippen LogP contribution >= 0.6 is 34.5 Å². The van der Waals surface area contributed by atoms with E-state index < -0.39 is 23.4 Å². The Morgan fingerprint density at radius 2 is 1.47 bits per heavy atom. The molecule has 1 aliphatic heterocycles. The van der Waals surface area contributed by atoms with Gasteiger partial charge in [0.05, 0.1) is 34.8 Å². The summed E-state index contributed by atoms with van der Waals surface area (Å²) in [4.78, 5) is 40.0. The second-order valence-corrected chi connectivity index (χ2v) is 9.65. The molecule has 0 saturated carbocycles. The number of esters is 2. The van der Waals surface area contributed by atoms with Crippen LogP contribution in [-0.2, 0) is 19.1 Å². The number of carbonyl (C=O) groups is 2. The van der Waals surface area contributed by atoms with Gasteiger partial charge in [0.15, 0.2) is 0 Å². The van der Waals surface area contributed by atoms with Crippen molar-refractivity contribution in [2.24, 2.45) is 5.73 Å². The number of nitrogens with zero attached hydrogens (tertiary/aromatic N) is 1.